The van der Waals surface area contributed by atoms with Crippen LogP contribution < -0.4 is 10.6 Å². The second-order valence-corrected chi connectivity index (χ2v) is 6.39. The van der Waals surface area contributed by atoms with E-state index in [9.17, 15) is 9.59 Å². The molecule has 7 heteroatoms. The summed E-state index contributed by atoms with van der Waals surface area (Å²) in [5.74, 6) is -0.0214. The van der Waals surface area contributed by atoms with Gasteiger partial charge in [0.1, 0.15) is 0 Å². The molecule has 0 atom stereocenters. The van der Waals surface area contributed by atoms with Crippen LogP contribution in [-0.2, 0) is 0 Å². The molecule has 142 valence electrons. The van der Waals surface area contributed by atoms with Crippen LogP contribution in [0.1, 0.15) is 27.6 Å². The van der Waals surface area contributed by atoms with Crippen LogP contribution in [-0.4, -0.2) is 26.6 Å². The molecule has 0 unspecified atom stereocenters. The van der Waals surface area contributed by atoms with Crippen molar-refractivity contribution in [3.8, 4) is 0 Å². The van der Waals surface area contributed by atoms with Crippen molar-refractivity contribution in [1.29, 1.82) is 0 Å². The zero-order valence-corrected chi connectivity index (χ0v) is 15.6. The fourth-order valence-corrected chi connectivity index (χ4v) is 2.85. The Bertz CT molecular complexity index is 1200. The topological polar surface area (TPSA) is 96.9 Å². The van der Waals surface area contributed by atoms with Crippen LogP contribution >= 0.6 is 0 Å². The lowest BCUT2D eigenvalue weighted by Crippen LogP contribution is -2.13. The maximum Gasteiger partial charge on any atom is 0.258 e. The number of nitrogens with one attached hydrogen (secondary N) is 2. The van der Waals surface area contributed by atoms with Crippen LogP contribution in [0.2, 0.25) is 0 Å². The van der Waals surface area contributed by atoms with Gasteiger partial charge in [-0.1, -0.05) is 30.3 Å². The van der Waals surface area contributed by atoms with Gasteiger partial charge in [-0.25, -0.2) is 9.97 Å². The molecular weight excluding hydrogens is 366 g/mol. The third-order valence-corrected chi connectivity index (χ3v) is 4.32. The van der Waals surface area contributed by atoms with Crippen LogP contribution in [0, 0.1) is 0 Å². The second-order valence-electron chi connectivity index (χ2n) is 6.39. The molecule has 0 aliphatic carbocycles. The van der Waals surface area contributed by atoms with Gasteiger partial charge in [0.05, 0.1) is 16.8 Å². The average Bonchev–Trinajstić information content (AvgIpc) is 2.75. The van der Waals surface area contributed by atoms with E-state index in [1.165, 1.54) is 19.3 Å². The Balaban J connectivity index is 1.49. The summed E-state index contributed by atoms with van der Waals surface area (Å²) >= 11 is 0. The highest BCUT2D eigenvalue weighted by Gasteiger charge is 2.10. The first-order chi connectivity index (χ1) is 14.1. The van der Waals surface area contributed by atoms with Crippen molar-refractivity contribution < 1.29 is 9.59 Å². The number of fused-ring (bicyclic) bond motifs is 1. The van der Waals surface area contributed by atoms with Gasteiger partial charge >= 0.3 is 0 Å². The third kappa shape index (κ3) is 4.08. The molecule has 0 saturated heterocycles. The number of Topliss-reactive ketones (excluding diaryl/α,β-unsaturated/α-hetero) is 1. The lowest BCUT2D eigenvalue weighted by atomic mass is 10.1. The van der Waals surface area contributed by atoms with Crippen molar-refractivity contribution in [3.05, 3.63) is 84.3 Å². The van der Waals surface area contributed by atoms with E-state index in [1.54, 1.807) is 30.5 Å². The minimum atomic E-state index is -0.326. The summed E-state index contributed by atoms with van der Waals surface area (Å²) in [6.07, 6.45) is 4.57. The Hall–Kier alpha value is -4.13. The minimum absolute atomic E-state index is 0.0236. The van der Waals surface area contributed by atoms with Gasteiger partial charge in [-0.15, -0.1) is 0 Å². The zero-order valence-electron chi connectivity index (χ0n) is 15.6. The van der Waals surface area contributed by atoms with Gasteiger partial charge in [0.25, 0.3) is 5.91 Å². The number of pyridine rings is 1. The first-order valence-electron chi connectivity index (χ1n) is 8.95. The Morgan fingerprint density at radius 2 is 1.62 bits per heavy atom. The molecule has 0 fully saturated rings. The van der Waals surface area contributed by atoms with E-state index in [1.807, 2.05) is 30.3 Å². The summed E-state index contributed by atoms with van der Waals surface area (Å²) in [6.45, 7) is 1.51. The van der Waals surface area contributed by atoms with Crippen molar-refractivity contribution in [1.82, 2.24) is 15.0 Å². The quantitative estimate of drug-likeness (QED) is 0.501. The first-order valence-corrected chi connectivity index (χ1v) is 8.95. The largest absolute Gasteiger partial charge is 0.324 e. The van der Waals surface area contributed by atoms with Crippen molar-refractivity contribution in [2.24, 2.45) is 0 Å². The molecule has 0 spiro atoms. The van der Waals surface area contributed by atoms with Crippen LogP contribution in [0.25, 0.3) is 10.9 Å². The SMILES string of the molecule is CC(=O)c1cccc(Nc2ncc(C(=O)Nc3cccc4cccnc34)cn2)c1. The number of rotatable bonds is 5. The maximum absolute atomic E-state index is 12.6. The van der Waals surface area contributed by atoms with Crippen LogP contribution in [0.15, 0.2) is 73.2 Å². The van der Waals surface area contributed by atoms with Crippen LogP contribution in [0.3, 0.4) is 0 Å². The summed E-state index contributed by atoms with van der Waals surface area (Å²) < 4.78 is 0. The lowest BCUT2D eigenvalue weighted by molar-refractivity contribution is 0.101. The van der Waals surface area contributed by atoms with E-state index in [4.69, 9.17) is 0 Å². The summed E-state index contributed by atoms with van der Waals surface area (Å²) in [6, 6.07) is 16.4. The number of hydrogen-bond donors (Lipinski definition) is 2. The van der Waals surface area contributed by atoms with Gasteiger partial charge in [0, 0.05) is 35.2 Å². The Kier molecular flexibility index (Phi) is 4.94. The molecule has 1 amide bonds. The minimum Gasteiger partial charge on any atom is -0.324 e. The molecule has 2 N–H and O–H groups in total. The van der Waals surface area contributed by atoms with E-state index < -0.39 is 0 Å². The van der Waals surface area contributed by atoms with Gasteiger partial charge in [0.15, 0.2) is 5.78 Å². The molecule has 7 nitrogen and oxygen atoms in total. The normalized spacial score (nSPS) is 10.5. The van der Waals surface area contributed by atoms with Gasteiger partial charge in [-0.05, 0) is 31.2 Å². The molecule has 0 aliphatic rings. The number of aromatic nitrogens is 3. The van der Waals surface area contributed by atoms with Crippen molar-refractivity contribution in [2.75, 3.05) is 10.6 Å². The molecule has 2 aromatic heterocycles. The van der Waals surface area contributed by atoms with E-state index in [0.29, 0.717) is 34.0 Å². The standard InChI is InChI=1S/C22H17N5O2/c1-14(28)16-6-2-8-18(11-16)26-22-24-12-17(13-25-22)21(29)27-19-9-3-5-15-7-4-10-23-20(15)19/h2-13H,1H3,(H,27,29)(H,24,25,26). The van der Waals surface area contributed by atoms with Crippen LogP contribution in [0.4, 0.5) is 17.3 Å². The van der Waals surface area contributed by atoms with Gasteiger partial charge < -0.3 is 10.6 Å². The zero-order chi connectivity index (χ0) is 20.2. The van der Waals surface area contributed by atoms with E-state index in [2.05, 4.69) is 25.6 Å². The van der Waals surface area contributed by atoms with Crippen LogP contribution in [0.5, 0.6) is 0 Å². The highest BCUT2D eigenvalue weighted by Crippen LogP contribution is 2.21. The lowest BCUT2D eigenvalue weighted by Gasteiger charge is -2.09. The van der Waals surface area contributed by atoms with Gasteiger partial charge in [-0.2, -0.15) is 0 Å². The average molecular weight is 383 g/mol. The number of benzene rings is 2. The van der Waals surface area contributed by atoms with E-state index >= 15 is 0 Å². The monoisotopic (exact) mass is 383 g/mol. The predicted octanol–water partition coefficient (Wildman–Crippen LogP) is 4.22. The summed E-state index contributed by atoms with van der Waals surface area (Å²) in [7, 11) is 0. The van der Waals surface area contributed by atoms with Crippen molar-refractivity contribution >= 4 is 39.9 Å². The third-order valence-electron chi connectivity index (χ3n) is 4.32. The molecule has 2 aromatic carbocycles. The molecule has 4 rings (SSSR count). The molecule has 2 heterocycles. The Labute approximate surface area is 166 Å². The molecular formula is C22H17N5O2. The maximum atomic E-state index is 12.6. The Morgan fingerprint density at radius 3 is 2.41 bits per heavy atom. The van der Waals surface area contributed by atoms with Crippen molar-refractivity contribution in [2.45, 2.75) is 6.92 Å². The number of anilines is 3. The number of para-hydroxylation sites is 1. The molecule has 0 bridgehead atoms. The number of carbonyl (C=O) groups excluding carboxylic acids is 2. The van der Waals surface area contributed by atoms with E-state index in [0.717, 1.165) is 5.39 Å². The number of nitrogens with zero attached hydrogens (tertiary/aromatic N) is 3. The van der Waals surface area contributed by atoms with Gasteiger partial charge in [0.2, 0.25) is 5.95 Å². The number of hydrogen-bond acceptors (Lipinski definition) is 6. The van der Waals surface area contributed by atoms with Gasteiger partial charge in [-0.3, -0.25) is 14.6 Å². The molecule has 0 aliphatic heterocycles. The molecule has 29 heavy (non-hydrogen) atoms. The number of amides is 1. The predicted molar refractivity (Wildman–Crippen MR) is 111 cm³/mol. The second kappa shape index (κ2) is 7.85. The highest BCUT2D eigenvalue weighted by molar-refractivity contribution is 6.08. The van der Waals surface area contributed by atoms with E-state index in [-0.39, 0.29) is 11.7 Å². The number of ketones is 1. The fourth-order valence-electron chi connectivity index (χ4n) is 2.85. The van der Waals surface area contributed by atoms with Crippen molar-refractivity contribution in [3.63, 3.8) is 0 Å². The molecule has 4 aromatic rings. The summed E-state index contributed by atoms with van der Waals surface area (Å²) in [4.78, 5) is 36.8. The summed E-state index contributed by atoms with van der Waals surface area (Å²) in [5, 5.41) is 6.81. The highest BCUT2D eigenvalue weighted by atomic mass is 16.1. The number of carbonyl (C=O) groups is 2. The smallest absolute Gasteiger partial charge is 0.258 e. The molecule has 0 radical (unpaired) electrons. The Morgan fingerprint density at radius 1 is 0.862 bits per heavy atom. The summed E-state index contributed by atoms with van der Waals surface area (Å²) in [5.41, 5.74) is 2.94. The first kappa shape index (κ1) is 18.2. The fraction of sp³-hybridized carbons (Fsp3) is 0.0455. The molecule has 0 saturated carbocycles.